The molecule has 0 aliphatic heterocycles. The fourth-order valence-corrected chi connectivity index (χ4v) is 1.39. The average Bonchev–Trinajstić information content (AvgIpc) is 2.34. The molecule has 0 aromatic carbocycles. The number of hydrogen-bond donors (Lipinski definition) is 1. The van der Waals surface area contributed by atoms with Gasteiger partial charge < -0.3 is 14.7 Å². The molecule has 106 valence electrons. The van der Waals surface area contributed by atoms with Crippen LogP contribution in [-0.2, 0) is 12.6 Å². The molecule has 1 amide bonds. The Kier molecular flexibility index (Phi) is 4.57. The van der Waals surface area contributed by atoms with Gasteiger partial charge in [-0.2, -0.15) is 13.2 Å². The first kappa shape index (κ1) is 15.1. The van der Waals surface area contributed by atoms with Crippen molar-refractivity contribution >= 4 is 6.09 Å². The minimum Gasteiger partial charge on any atom is -0.481 e. The fraction of sp³-hybridized carbons (Fsp3) is 0.455. The Bertz CT molecular complexity index is 463. The maximum atomic E-state index is 12.7. The zero-order valence-corrected chi connectivity index (χ0v) is 10.4. The summed E-state index contributed by atoms with van der Waals surface area (Å²) in [7, 11) is 2.44. The quantitative estimate of drug-likeness (QED) is 0.917. The maximum Gasteiger partial charge on any atom is 0.421 e. The zero-order chi connectivity index (χ0) is 14.6. The van der Waals surface area contributed by atoms with Gasteiger partial charge in [0.2, 0.25) is 5.88 Å². The second kappa shape index (κ2) is 5.77. The molecule has 8 heteroatoms. The minimum atomic E-state index is -4.56. The van der Waals surface area contributed by atoms with Gasteiger partial charge in [-0.3, -0.25) is 0 Å². The molecule has 19 heavy (non-hydrogen) atoms. The van der Waals surface area contributed by atoms with Crippen molar-refractivity contribution in [1.82, 2.24) is 9.88 Å². The molecule has 0 bridgehead atoms. The van der Waals surface area contributed by atoms with Gasteiger partial charge in [0.25, 0.3) is 0 Å². The van der Waals surface area contributed by atoms with E-state index in [0.29, 0.717) is 5.56 Å². The van der Waals surface area contributed by atoms with Crippen LogP contribution in [0.4, 0.5) is 18.0 Å². The molecule has 5 nitrogen and oxygen atoms in total. The van der Waals surface area contributed by atoms with Crippen molar-refractivity contribution in [2.45, 2.75) is 12.6 Å². The van der Waals surface area contributed by atoms with E-state index in [-0.39, 0.29) is 13.0 Å². The minimum absolute atomic E-state index is 0.0840. The topological polar surface area (TPSA) is 62.7 Å². The molecule has 0 aliphatic carbocycles. The Morgan fingerprint density at radius 2 is 2.16 bits per heavy atom. The predicted molar refractivity (Wildman–Crippen MR) is 60.1 cm³/mol. The monoisotopic (exact) mass is 278 g/mol. The first-order valence-corrected chi connectivity index (χ1v) is 5.30. The Hall–Kier alpha value is -1.99. The number of carbonyl (C=O) groups is 1. The molecule has 1 N–H and O–H groups in total. The molecule has 0 saturated heterocycles. The lowest BCUT2D eigenvalue weighted by Crippen LogP contribution is -2.27. The Labute approximate surface area is 107 Å². The smallest absolute Gasteiger partial charge is 0.421 e. The van der Waals surface area contributed by atoms with Crippen LogP contribution in [0.25, 0.3) is 0 Å². The highest BCUT2D eigenvalue weighted by Crippen LogP contribution is 2.35. The van der Waals surface area contributed by atoms with Crippen molar-refractivity contribution < 1.29 is 27.8 Å². The van der Waals surface area contributed by atoms with Crippen LogP contribution in [0.2, 0.25) is 0 Å². The highest BCUT2D eigenvalue weighted by molar-refractivity contribution is 5.64. The number of methoxy groups -OCH3 is 1. The van der Waals surface area contributed by atoms with Crippen LogP contribution in [0.3, 0.4) is 0 Å². The number of alkyl halides is 3. The Morgan fingerprint density at radius 1 is 1.53 bits per heavy atom. The number of pyridine rings is 1. The number of ether oxygens (including phenoxy) is 1. The molecule has 0 unspecified atom stereocenters. The maximum absolute atomic E-state index is 12.7. The summed E-state index contributed by atoms with van der Waals surface area (Å²) >= 11 is 0. The highest BCUT2D eigenvalue weighted by Gasteiger charge is 2.35. The summed E-state index contributed by atoms with van der Waals surface area (Å²) in [5.41, 5.74) is -0.674. The van der Waals surface area contributed by atoms with Gasteiger partial charge >= 0.3 is 12.3 Å². The van der Waals surface area contributed by atoms with E-state index in [0.717, 1.165) is 18.1 Å². The van der Waals surface area contributed by atoms with Gasteiger partial charge in [-0.25, -0.2) is 9.78 Å². The number of carboxylic acid groups (broad SMARTS) is 1. The molecular weight excluding hydrogens is 265 g/mol. The summed E-state index contributed by atoms with van der Waals surface area (Å²) < 4.78 is 42.7. The van der Waals surface area contributed by atoms with Gasteiger partial charge in [-0.1, -0.05) is 0 Å². The average molecular weight is 278 g/mol. The summed E-state index contributed by atoms with van der Waals surface area (Å²) in [6.45, 7) is 0.0840. The summed E-state index contributed by atoms with van der Waals surface area (Å²) in [5, 5.41) is 8.64. The molecule has 1 rings (SSSR count). The third-order valence-corrected chi connectivity index (χ3v) is 2.47. The standard InChI is InChI=1S/C11H13F3N2O3/c1-16(10(17)18)4-3-7-5-8(11(12,13)14)9(19-2)15-6-7/h5-6H,3-4H2,1-2H3,(H,17,18). The molecule has 0 atom stereocenters. The summed E-state index contributed by atoms with van der Waals surface area (Å²) in [6.07, 6.45) is -4.32. The van der Waals surface area contributed by atoms with E-state index in [9.17, 15) is 18.0 Å². The molecule has 0 spiro atoms. The largest absolute Gasteiger partial charge is 0.481 e. The van der Waals surface area contributed by atoms with Crippen molar-refractivity contribution in [3.63, 3.8) is 0 Å². The molecule has 1 aromatic rings. The number of rotatable bonds is 4. The fourth-order valence-electron chi connectivity index (χ4n) is 1.39. The van der Waals surface area contributed by atoms with Gasteiger partial charge in [0, 0.05) is 19.8 Å². The SMILES string of the molecule is COc1ncc(CCN(C)C(=O)O)cc1C(F)(F)F. The number of amides is 1. The van der Waals surface area contributed by atoms with Crippen LogP contribution < -0.4 is 4.74 Å². The zero-order valence-electron chi connectivity index (χ0n) is 10.4. The van der Waals surface area contributed by atoms with Gasteiger partial charge in [-0.15, -0.1) is 0 Å². The number of hydrogen-bond acceptors (Lipinski definition) is 3. The van der Waals surface area contributed by atoms with E-state index < -0.39 is 23.7 Å². The van der Waals surface area contributed by atoms with Crippen molar-refractivity contribution in [2.75, 3.05) is 20.7 Å². The van der Waals surface area contributed by atoms with Crippen molar-refractivity contribution in [3.05, 3.63) is 23.4 Å². The molecule has 0 saturated carbocycles. The van der Waals surface area contributed by atoms with Crippen LogP contribution >= 0.6 is 0 Å². The van der Waals surface area contributed by atoms with E-state index in [1.54, 1.807) is 0 Å². The van der Waals surface area contributed by atoms with Crippen LogP contribution in [0.1, 0.15) is 11.1 Å². The number of likely N-dealkylation sites (N-methyl/N-ethyl adjacent to an activating group) is 1. The van der Waals surface area contributed by atoms with Crippen molar-refractivity contribution in [1.29, 1.82) is 0 Å². The van der Waals surface area contributed by atoms with Gasteiger partial charge in [0.15, 0.2) is 0 Å². The van der Waals surface area contributed by atoms with Crippen molar-refractivity contribution in [2.24, 2.45) is 0 Å². The van der Waals surface area contributed by atoms with E-state index in [2.05, 4.69) is 9.72 Å². The normalized spacial score (nSPS) is 11.2. The number of nitrogens with zero attached hydrogens (tertiary/aromatic N) is 2. The molecule has 0 radical (unpaired) electrons. The summed E-state index contributed by atoms with van der Waals surface area (Å²) in [6, 6.07) is 0.918. The van der Waals surface area contributed by atoms with Crippen LogP contribution in [-0.4, -0.2) is 41.8 Å². The third kappa shape index (κ3) is 4.01. The lowest BCUT2D eigenvalue weighted by Gasteiger charge is -2.15. The third-order valence-electron chi connectivity index (χ3n) is 2.47. The van der Waals surface area contributed by atoms with Gasteiger partial charge in [0.05, 0.1) is 7.11 Å². The Morgan fingerprint density at radius 3 is 2.63 bits per heavy atom. The lowest BCUT2D eigenvalue weighted by molar-refractivity contribution is -0.139. The predicted octanol–water partition coefficient (Wildman–Crippen LogP) is 2.26. The first-order chi connectivity index (χ1) is 8.75. The second-order valence-electron chi connectivity index (χ2n) is 3.85. The van der Waals surface area contributed by atoms with Crippen molar-refractivity contribution in [3.8, 4) is 5.88 Å². The summed E-state index contributed by atoms with van der Waals surface area (Å²) in [5.74, 6) is -0.497. The van der Waals surface area contributed by atoms with E-state index in [1.165, 1.54) is 13.2 Å². The van der Waals surface area contributed by atoms with E-state index in [4.69, 9.17) is 5.11 Å². The molecule has 0 fully saturated rings. The first-order valence-electron chi connectivity index (χ1n) is 5.30. The Balaban J connectivity index is 2.90. The van der Waals surface area contributed by atoms with E-state index >= 15 is 0 Å². The van der Waals surface area contributed by atoms with Gasteiger partial charge in [0.1, 0.15) is 5.56 Å². The molecule has 1 aromatic heterocycles. The summed E-state index contributed by atoms with van der Waals surface area (Å²) in [4.78, 5) is 15.1. The highest BCUT2D eigenvalue weighted by atomic mass is 19.4. The molecule has 1 heterocycles. The lowest BCUT2D eigenvalue weighted by atomic mass is 10.1. The van der Waals surface area contributed by atoms with Crippen LogP contribution in [0.5, 0.6) is 5.88 Å². The number of halogens is 3. The second-order valence-corrected chi connectivity index (χ2v) is 3.85. The van der Waals surface area contributed by atoms with Crippen LogP contribution in [0.15, 0.2) is 12.3 Å². The molecule has 0 aliphatic rings. The van der Waals surface area contributed by atoms with Gasteiger partial charge in [-0.05, 0) is 18.1 Å². The molecular formula is C11H13F3N2O3. The number of aromatic nitrogens is 1. The van der Waals surface area contributed by atoms with E-state index in [1.807, 2.05) is 0 Å². The van der Waals surface area contributed by atoms with Crippen LogP contribution in [0, 0.1) is 0 Å².